The van der Waals surface area contributed by atoms with Crippen LogP contribution < -0.4 is 15.4 Å². The van der Waals surface area contributed by atoms with Crippen LogP contribution in [0, 0.1) is 5.82 Å². The summed E-state index contributed by atoms with van der Waals surface area (Å²) < 4.78 is 24.1. The summed E-state index contributed by atoms with van der Waals surface area (Å²) in [5.41, 5.74) is 0.738. The molecule has 30 heavy (non-hydrogen) atoms. The maximum absolute atomic E-state index is 13.7. The molecule has 1 atom stereocenters. The molecule has 0 bridgehead atoms. The number of anilines is 1. The molecule has 0 fully saturated rings. The minimum absolute atomic E-state index is 0.0377. The molecule has 0 saturated carbocycles. The molecule has 0 aliphatic heterocycles. The number of carbonyl (C=O) groups excluding carboxylic acids is 3. The number of ether oxygens (including phenoxy) is 2. The zero-order valence-electron chi connectivity index (χ0n) is 16.3. The van der Waals surface area contributed by atoms with Gasteiger partial charge in [0, 0.05) is 10.5 Å². The summed E-state index contributed by atoms with van der Waals surface area (Å²) in [4.78, 5) is 35.7. The summed E-state index contributed by atoms with van der Waals surface area (Å²) in [7, 11) is 1.56. The van der Waals surface area contributed by atoms with Gasteiger partial charge in [-0.3, -0.25) is 9.59 Å². The highest BCUT2D eigenvalue weighted by molar-refractivity contribution is 9.10. The number of amides is 2. The third-order valence-corrected chi connectivity index (χ3v) is 4.30. The topological polar surface area (TPSA) is 93.7 Å². The normalized spacial score (nSPS) is 11.6. The number of nitrogens with one attached hydrogen (secondary N) is 2. The van der Waals surface area contributed by atoms with Gasteiger partial charge in [-0.05, 0) is 48.9 Å². The van der Waals surface area contributed by atoms with Crippen LogP contribution in [0.3, 0.4) is 0 Å². The van der Waals surface area contributed by atoms with Gasteiger partial charge in [0.15, 0.2) is 6.61 Å². The SMILES string of the molecule is COc1ccc(C=CC(=O)N[C@@H](C)C(=O)OCC(=O)Nc2ccc(Br)cc2F)cc1. The van der Waals surface area contributed by atoms with E-state index in [9.17, 15) is 18.8 Å². The number of hydrogen-bond donors (Lipinski definition) is 2. The van der Waals surface area contributed by atoms with Crippen LogP contribution in [0.1, 0.15) is 12.5 Å². The van der Waals surface area contributed by atoms with Crippen molar-refractivity contribution in [3.8, 4) is 5.75 Å². The molecule has 0 heterocycles. The van der Waals surface area contributed by atoms with E-state index in [2.05, 4.69) is 26.6 Å². The number of methoxy groups -OCH3 is 1. The molecular formula is C21H20BrFN2O5. The third kappa shape index (κ3) is 7.32. The van der Waals surface area contributed by atoms with Gasteiger partial charge >= 0.3 is 5.97 Å². The first-order valence-electron chi connectivity index (χ1n) is 8.82. The summed E-state index contributed by atoms with van der Waals surface area (Å²) in [5.74, 6) is -1.94. The Labute approximate surface area is 181 Å². The van der Waals surface area contributed by atoms with Gasteiger partial charge in [-0.1, -0.05) is 28.1 Å². The predicted octanol–water partition coefficient (Wildman–Crippen LogP) is 3.30. The van der Waals surface area contributed by atoms with Gasteiger partial charge in [-0.25, -0.2) is 9.18 Å². The molecule has 0 aliphatic rings. The second-order valence-corrected chi connectivity index (χ2v) is 7.03. The maximum Gasteiger partial charge on any atom is 0.328 e. The first-order valence-corrected chi connectivity index (χ1v) is 9.62. The minimum atomic E-state index is -0.977. The number of carbonyl (C=O) groups is 3. The van der Waals surface area contributed by atoms with Gasteiger partial charge in [-0.15, -0.1) is 0 Å². The monoisotopic (exact) mass is 478 g/mol. The number of esters is 1. The minimum Gasteiger partial charge on any atom is -0.497 e. The molecule has 0 radical (unpaired) electrons. The fraction of sp³-hybridized carbons (Fsp3) is 0.190. The molecule has 2 rings (SSSR count). The van der Waals surface area contributed by atoms with Crippen molar-refractivity contribution in [2.24, 2.45) is 0 Å². The van der Waals surface area contributed by atoms with E-state index in [-0.39, 0.29) is 5.69 Å². The highest BCUT2D eigenvalue weighted by Gasteiger charge is 2.17. The van der Waals surface area contributed by atoms with E-state index in [0.717, 1.165) is 5.56 Å². The van der Waals surface area contributed by atoms with Crippen LogP contribution in [-0.2, 0) is 19.1 Å². The van der Waals surface area contributed by atoms with Gasteiger partial charge in [0.05, 0.1) is 12.8 Å². The fourth-order valence-electron chi connectivity index (χ4n) is 2.25. The molecule has 0 saturated heterocycles. The van der Waals surface area contributed by atoms with Gasteiger partial charge in [-0.2, -0.15) is 0 Å². The first kappa shape index (κ1) is 23.1. The van der Waals surface area contributed by atoms with Crippen molar-refractivity contribution in [2.75, 3.05) is 19.0 Å². The van der Waals surface area contributed by atoms with Crippen molar-refractivity contribution < 1.29 is 28.2 Å². The van der Waals surface area contributed by atoms with Gasteiger partial charge in [0.1, 0.15) is 17.6 Å². The Morgan fingerprint density at radius 3 is 2.50 bits per heavy atom. The lowest BCUT2D eigenvalue weighted by Gasteiger charge is -2.12. The molecule has 2 aromatic carbocycles. The number of halogens is 2. The molecular weight excluding hydrogens is 459 g/mol. The van der Waals surface area contributed by atoms with Crippen LogP contribution in [0.2, 0.25) is 0 Å². The van der Waals surface area contributed by atoms with Gasteiger partial charge in [0.25, 0.3) is 5.91 Å². The van der Waals surface area contributed by atoms with Crippen molar-refractivity contribution in [2.45, 2.75) is 13.0 Å². The summed E-state index contributed by atoms with van der Waals surface area (Å²) in [6.45, 7) is 0.810. The van der Waals surface area contributed by atoms with Crippen molar-refractivity contribution in [1.29, 1.82) is 0 Å². The molecule has 0 aromatic heterocycles. The Bertz CT molecular complexity index is 947. The van der Waals surface area contributed by atoms with Crippen LogP contribution in [0.25, 0.3) is 6.08 Å². The Balaban J connectivity index is 1.78. The largest absolute Gasteiger partial charge is 0.497 e. The van der Waals surface area contributed by atoms with E-state index in [4.69, 9.17) is 9.47 Å². The van der Waals surface area contributed by atoms with Crippen LogP contribution in [0.4, 0.5) is 10.1 Å². The molecule has 2 aromatic rings. The van der Waals surface area contributed by atoms with E-state index in [1.54, 1.807) is 43.5 Å². The average molecular weight is 479 g/mol. The average Bonchev–Trinajstić information content (AvgIpc) is 2.72. The predicted molar refractivity (Wildman–Crippen MR) is 113 cm³/mol. The quantitative estimate of drug-likeness (QED) is 0.448. The highest BCUT2D eigenvalue weighted by atomic mass is 79.9. The van der Waals surface area contributed by atoms with Crippen LogP contribution >= 0.6 is 15.9 Å². The van der Waals surface area contributed by atoms with Crippen molar-refractivity contribution in [3.05, 3.63) is 64.4 Å². The van der Waals surface area contributed by atoms with E-state index < -0.39 is 36.2 Å². The van der Waals surface area contributed by atoms with Crippen LogP contribution in [0.15, 0.2) is 53.0 Å². The van der Waals surface area contributed by atoms with Crippen molar-refractivity contribution in [3.63, 3.8) is 0 Å². The second kappa shape index (κ2) is 11.1. The molecule has 158 valence electrons. The van der Waals surface area contributed by atoms with Crippen LogP contribution in [-0.4, -0.2) is 37.5 Å². The molecule has 0 spiro atoms. The zero-order chi connectivity index (χ0) is 22.1. The Morgan fingerprint density at radius 1 is 1.17 bits per heavy atom. The highest BCUT2D eigenvalue weighted by Crippen LogP contribution is 2.19. The lowest BCUT2D eigenvalue weighted by molar-refractivity contribution is -0.149. The van der Waals surface area contributed by atoms with Crippen molar-refractivity contribution in [1.82, 2.24) is 5.32 Å². The van der Waals surface area contributed by atoms with E-state index in [1.165, 1.54) is 25.1 Å². The summed E-state index contributed by atoms with van der Waals surface area (Å²) in [5, 5.41) is 4.74. The maximum atomic E-state index is 13.7. The standard InChI is InChI=1S/C21H20BrFN2O5/c1-13(24-19(26)10-5-14-3-7-16(29-2)8-4-14)21(28)30-12-20(27)25-18-9-6-15(22)11-17(18)23/h3-11,13H,12H2,1-2H3,(H,24,26)(H,25,27)/t13-/m0/s1. The molecule has 9 heteroatoms. The number of rotatable bonds is 8. The fourth-order valence-corrected chi connectivity index (χ4v) is 2.58. The third-order valence-electron chi connectivity index (χ3n) is 3.81. The van der Waals surface area contributed by atoms with E-state index >= 15 is 0 Å². The van der Waals surface area contributed by atoms with Gasteiger partial charge < -0.3 is 20.1 Å². The Morgan fingerprint density at radius 2 is 1.87 bits per heavy atom. The summed E-state index contributed by atoms with van der Waals surface area (Å²) in [6, 6.07) is 10.2. The number of hydrogen-bond acceptors (Lipinski definition) is 5. The molecule has 0 aliphatic carbocycles. The summed E-state index contributed by atoms with van der Waals surface area (Å²) in [6.07, 6.45) is 2.85. The second-order valence-electron chi connectivity index (χ2n) is 6.12. The van der Waals surface area contributed by atoms with E-state index in [1.807, 2.05) is 0 Å². The molecule has 7 nitrogen and oxygen atoms in total. The van der Waals surface area contributed by atoms with E-state index in [0.29, 0.717) is 10.2 Å². The molecule has 0 unspecified atom stereocenters. The van der Waals surface area contributed by atoms with Crippen molar-refractivity contribution >= 4 is 45.5 Å². The van der Waals surface area contributed by atoms with Gasteiger partial charge in [0.2, 0.25) is 5.91 Å². The Hall–Kier alpha value is -3.20. The molecule has 2 N–H and O–H groups in total. The van der Waals surface area contributed by atoms with Crippen LogP contribution in [0.5, 0.6) is 5.75 Å². The number of benzene rings is 2. The Kier molecular flexibility index (Phi) is 8.54. The molecule has 2 amide bonds. The zero-order valence-corrected chi connectivity index (χ0v) is 17.9. The summed E-state index contributed by atoms with van der Waals surface area (Å²) >= 11 is 3.11. The lowest BCUT2D eigenvalue weighted by Crippen LogP contribution is -2.39. The first-order chi connectivity index (χ1) is 14.3. The smallest absolute Gasteiger partial charge is 0.328 e. The lowest BCUT2D eigenvalue weighted by atomic mass is 10.2.